The number of carbonyl (C=O) groups excluding carboxylic acids is 1. The molecule has 5 nitrogen and oxygen atoms in total. The van der Waals surface area contributed by atoms with Gasteiger partial charge < -0.3 is 15.9 Å². The number of hydrogen-bond donors (Lipinski definition) is 2. The van der Waals surface area contributed by atoms with Crippen LogP contribution in [-0.4, -0.2) is 18.3 Å². The van der Waals surface area contributed by atoms with E-state index in [-0.39, 0.29) is 24.2 Å². The van der Waals surface area contributed by atoms with Gasteiger partial charge in [0.25, 0.3) is 5.91 Å². The van der Waals surface area contributed by atoms with Gasteiger partial charge in [-0.05, 0) is 47.9 Å². The second-order valence-corrected chi connectivity index (χ2v) is 5.59. The number of hydrogen-bond acceptors (Lipinski definition) is 3. The van der Waals surface area contributed by atoms with Crippen LogP contribution < -0.4 is 11.1 Å². The van der Waals surface area contributed by atoms with E-state index in [1.54, 1.807) is 6.07 Å². The molecule has 0 saturated heterocycles. The number of amidine groups is 1. The molecular weight excluding hydrogens is 309 g/mol. The number of nitrogens with one attached hydrogen (secondary N) is 1. The molecule has 0 aromatic heterocycles. The third-order valence-electron chi connectivity index (χ3n) is 3.34. The minimum absolute atomic E-state index is 0.0737. The van der Waals surface area contributed by atoms with Crippen LogP contribution in [0.2, 0.25) is 0 Å². The van der Waals surface area contributed by atoms with Crippen molar-refractivity contribution < 1.29 is 14.0 Å². The highest BCUT2D eigenvalue weighted by atomic mass is 19.1. The number of amides is 1. The van der Waals surface area contributed by atoms with Crippen LogP contribution in [0.25, 0.3) is 0 Å². The Labute approximate surface area is 140 Å². The quantitative estimate of drug-likeness (QED) is 0.485. The minimum Gasteiger partial charge on any atom is -0.384 e. The smallest absolute Gasteiger partial charge is 0.265 e. The van der Waals surface area contributed by atoms with E-state index >= 15 is 0 Å². The summed E-state index contributed by atoms with van der Waals surface area (Å²) in [6.45, 7) is 3.89. The van der Waals surface area contributed by atoms with Crippen LogP contribution in [0.15, 0.2) is 53.7 Å². The maximum atomic E-state index is 12.8. The van der Waals surface area contributed by atoms with E-state index < -0.39 is 0 Å². The summed E-state index contributed by atoms with van der Waals surface area (Å²) in [6.07, 6.45) is 0. The molecule has 1 amide bonds. The standard InChI is InChI=1S/C18H20FN3O2/c1-12(2)14-4-3-5-16(10-14)21-17(23)11-24-22-18(20)13-6-8-15(19)9-7-13/h3-10,12H,11H2,1-2H3,(H2,20,22)(H,21,23). The lowest BCUT2D eigenvalue weighted by atomic mass is 10.0. The highest BCUT2D eigenvalue weighted by Gasteiger charge is 2.06. The van der Waals surface area contributed by atoms with Crippen LogP contribution in [-0.2, 0) is 9.63 Å². The Bertz CT molecular complexity index is 727. The fourth-order valence-corrected chi connectivity index (χ4v) is 2.01. The van der Waals surface area contributed by atoms with Crippen molar-refractivity contribution in [1.29, 1.82) is 0 Å². The van der Waals surface area contributed by atoms with E-state index in [9.17, 15) is 9.18 Å². The Balaban J connectivity index is 1.88. The molecule has 2 aromatic carbocycles. The molecule has 0 aliphatic heterocycles. The summed E-state index contributed by atoms with van der Waals surface area (Å²) in [5.41, 5.74) is 8.05. The molecule has 0 aliphatic carbocycles. The van der Waals surface area contributed by atoms with Gasteiger partial charge in [-0.25, -0.2) is 4.39 Å². The lowest BCUT2D eigenvalue weighted by Gasteiger charge is -2.09. The number of nitrogens with zero attached hydrogens (tertiary/aromatic N) is 1. The second kappa shape index (κ2) is 8.10. The fraction of sp³-hybridized carbons (Fsp3) is 0.222. The van der Waals surface area contributed by atoms with Crippen molar-refractivity contribution in [2.24, 2.45) is 10.9 Å². The van der Waals surface area contributed by atoms with Gasteiger partial charge in [0.15, 0.2) is 12.4 Å². The predicted molar refractivity (Wildman–Crippen MR) is 92.2 cm³/mol. The van der Waals surface area contributed by atoms with Crippen LogP contribution in [0.1, 0.15) is 30.9 Å². The first kappa shape index (κ1) is 17.5. The summed E-state index contributed by atoms with van der Waals surface area (Å²) >= 11 is 0. The van der Waals surface area contributed by atoms with Gasteiger partial charge in [0.05, 0.1) is 0 Å². The zero-order valence-corrected chi connectivity index (χ0v) is 13.6. The van der Waals surface area contributed by atoms with Crippen LogP contribution in [0, 0.1) is 5.82 Å². The number of nitrogens with two attached hydrogens (primary N) is 1. The van der Waals surface area contributed by atoms with Crippen molar-refractivity contribution in [3.63, 3.8) is 0 Å². The van der Waals surface area contributed by atoms with Gasteiger partial charge in [-0.2, -0.15) is 0 Å². The van der Waals surface area contributed by atoms with Crippen molar-refractivity contribution in [1.82, 2.24) is 0 Å². The summed E-state index contributed by atoms with van der Waals surface area (Å²) in [5, 5.41) is 6.40. The van der Waals surface area contributed by atoms with E-state index in [2.05, 4.69) is 24.3 Å². The second-order valence-electron chi connectivity index (χ2n) is 5.59. The van der Waals surface area contributed by atoms with Crippen LogP contribution in [0.3, 0.4) is 0 Å². The number of anilines is 1. The van der Waals surface area contributed by atoms with Crippen molar-refractivity contribution >= 4 is 17.4 Å². The molecule has 0 radical (unpaired) electrons. The summed E-state index contributed by atoms with van der Waals surface area (Å²) in [6, 6.07) is 13.1. The molecule has 126 valence electrons. The number of benzene rings is 2. The topological polar surface area (TPSA) is 76.7 Å². The van der Waals surface area contributed by atoms with E-state index in [1.807, 2.05) is 18.2 Å². The third kappa shape index (κ3) is 5.08. The highest BCUT2D eigenvalue weighted by molar-refractivity contribution is 5.97. The van der Waals surface area contributed by atoms with Gasteiger partial charge in [0.1, 0.15) is 5.82 Å². The number of oxime groups is 1. The summed E-state index contributed by atoms with van der Waals surface area (Å²) in [5.74, 6) is -0.259. The van der Waals surface area contributed by atoms with Crippen molar-refractivity contribution in [3.8, 4) is 0 Å². The third-order valence-corrected chi connectivity index (χ3v) is 3.34. The van der Waals surface area contributed by atoms with Gasteiger partial charge >= 0.3 is 0 Å². The lowest BCUT2D eigenvalue weighted by molar-refractivity contribution is -0.120. The van der Waals surface area contributed by atoms with E-state index in [0.717, 1.165) is 5.56 Å². The monoisotopic (exact) mass is 329 g/mol. The zero-order valence-electron chi connectivity index (χ0n) is 13.6. The molecule has 0 unspecified atom stereocenters. The van der Waals surface area contributed by atoms with Gasteiger partial charge in [-0.15, -0.1) is 0 Å². The molecule has 3 N–H and O–H groups in total. The molecule has 0 atom stereocenters. The van der Waals surface area contributed by atoms with Crippen molar-refractivity contribution in [2.45, 2.75) is 19.8 Å². The van der Waals surface area contributed by atoms with E-state index in [4.69, 9.17) is 10.6 Å². The molecule has 6 heteroatoms. The molecule has 0 spiro atoms. The maximum absolute atomic E-state index is 12.8. The molecular formula is C18H20FN3O2. The minimum atomic E-state index is -0.365. The molecule has 0 fully saturated rings. The summed E-state index contributed by atoms with van der Waals surface area (Å²) in [7, 11) is 0. The first-order valence-electron chi connectivity index (χ1n) is 7.57. The predicted octanol–water partition coefficient (Wildman–Crippen LogP) is 3.22. The summed E-state index contributed by atoms with van der Waals surface area (Å²) in [4.78, 5) is 16.8. The Kier molecular flexibility index (Phi) is 5.89. The fourth-order valence-electron chi connectivity index (χ4n) is 2.01. The number of halogens is 1. The molecule has 24 heavy (non-hydrogen) atoms. The molecule has 0 saturated carbocycles. The average molecular weight is 329 g/mol. The van der Waals surface area contributed by atoms with Crippen molar-refractivity contribution in [3.05, 3.63) is 65.5 Å². The van der Waals surface area contributed by atoms with Gasteiger partial charge in [0, 0.05) is 11.3 Å². The Morgan fingerprint density at radius 2 is 1.96 bits per heavy atom. The molecule has 0 aliphatic rings. The average Bonchev–Trinajstić information content (AvgIpc) is 2.55. The first-order chi connectivity index (χ1) is 11.5. The van der Waals surface area contributed by atoms with Gasteiger partial charge in [-0.3, -0.25) is 4.79 Å². The number of rotatable bonds is 6. The molecule has 2 rings (SSSR count). The van der Waals surface area contributed by atoms with Gasteiger partial charge in [0.2, 0.25) is 0 Å². The summed E-state index contributed by atoms with van der Waals surface area (Å²) < 4.78 is 12.8. The maximum Gasteiger partial charge on any atom is 0.265 e. The first-order valence-corrected chi connectivity index (χ1v) is 7.57. The highest BCUT2D eigenvalue weighted by Crippen LogP contribution is 2.18. The normalized spacial score (nSPS) is 11.4. The van der Waals surface area contributed by atoms with E-state index in [0.29, 0.717) is 17.2 Å². The largest absolute Gasteiger partial charge is 0.384 e. The van der Waals surface area contributed by atoms with E-state index in [1.165, 1.54) is 24.3 Å². The Morgan fingerprint density at radius 1 is 1.25 bits per heavy atom. The Morgan fingerprint density at radius 3 is 2.62 bits per heavy atom. The van der Waals surface area contributed by atoms with Crippen molar-refractivity contribution in [2.75, 3.05) is 11.9 Å². The SMILES string of the molecule is CC(C)c1cccc(NC(=O)CO/N=C(\N)c2ccc(F)cc2)c1. The van der Waals surface area contributed by atoms with Gasteiger partial charge in [-0.1, -0.05) is 31.1 Å². The molecule has 0 bridgehead atoms. The van der Waals surface area contributed by atoms with Crippen LogP contribution >= 0.6 is 0 Å². The number of carbonyl (C=O) groups is 1. The van der Waals surface area contributed by atoms with Crippen LogP contribution in [0.5, 0.6) is 0 Å². The molecule has 0 heterocycles. The lowest BCUT2D eigenvalue weighted by Crippen LogP contribution is -2.19. The van der Waals surface area contributed by atoms with Crippen LogP contribution in [0.4, 0.5) is 10.1 Å². The zero-order chi connectivity index (χ0) is 17.5. The molecule has 2 aromatic rings. The Hall–Kier alpha value is -2.89.